The first kappa shape index (κ1) is 17.2. The van der Waals surface area contributed by atoms with Crippen molar-refractivity contribution in [2.75, 3.05) is 13.6 Å². The molecule has 2 aromatic rings. The Morgan fingerprint density at radius 3 is 2.52 bits per heavy atom. The molecule has 0 unspecified atom stereocenters. The molecule has 1 aromatic heterocycles. The van der Waals surface area contributed by atoms with Crippen LogP contribution in [0.15, 0.2) is 35.7 Å². The number of rotatable bonds is 6. The quantitative estimate of drug-likeness (QED) is 0.884. The van der Waals surface area contributed by atoms with Gasteiger partial charge in [0.15, 0.2) is 0 Å². The highest BCUT2D eigenvalue weighted by Gasteiger charge is 2.13. The molecule has 0 saturated heterocycles. The molecule has 0 bridgehead atoms. The number of carbonyl (C=O) groups excluding carboxylic acids is 2. The van der Waals surface area contributed by atoms with Gasteiger partial charge in [0.05, 0.1) is 6.54 Å². The molecule has 1 N–H and O–H groups in total. The lowest BCUT2D eigenvalue weighted by atomic mass is 10.1. The van der Waals surface area contributed by atoms with E-state index in [1.54, 1.807) is 29.4 Å². The lowest BCUT2D eigenvalue weighted by molar-refractivity contribution is -0.130. The van der Waals surface area contributed by atoms with E-state index in [1.807, 2.05) is 37.4 Å². The molecule has 1 heterocycles. The molecule has 0 atom stereocenters. The molecule has 2 rings (SSSR count). The van der Waals surface area contributed by atoms with Gasteiger partial charge in [0.25, 0.3) is 5.91 Å². The predicted molar refractivity (Wildman–Crippen MR) is 93.7 cm³/mol. The van der Waals surface area contributed by atoms with Gasteiger partial charge in [-0.15, -0.1) is 11.3 Å². The zero-order valence-corrected chi connectivity index (χ0v) is 14.6. The third kappa shape index (κ3) is 4.66. The fourth-order valence-corrected chi connectivity index (χ4v) is 3.22. The number of thiophene rings is 1. The topological polar surface area (TPSA) is 49.4 Å². The van der Waals surface area contributed by atoms with Gasteiger partial charge < -0.3 is 10.2 Å². The summed E-state index contributed by atoms with van der Waals surface area (Å²) in [6, 6.07) is 9.48. The number of benzene rings is 1. The largest absolute Gasteiger partial charge is 0.352 e. The Morgan fingerprint density at radius 2 is 1.87 bits per heavy atom. The average Bonchev–Trinajstić information content (AvgIpc) is 2.92. The van der Waals surface area contributed by atoms with Crippen LogP contribution in [0.4, 0.5) is 0 Å². The fraction of sp³-hybridized carbons (Fsp3) is 0.333. The van der Waals surface area contributed by atoms with E-state index in [-0.39, 0.29) is 11.8 Å². The molecule has 0 aliphatic rings. The van der Waals surface area contributed by atoms with Gasteiger partial charge in [0.2, 0.25) is 5.91 Å². The van der Waals surface area contributed by atoms with E-state index in [4.69, 9.17) is 0 Å². The van der Waals surface area contributed by atoms with Gasteiger partial charge in [-0.2, -0.15) is 0 Å². The number of nitrogens with zero attached hydrogens (tertiary/aromatic N) is 1. The molecule has 5 heteroatoms. The molecule has 0 fully saturated rings. The Kier molecular flexibility index (Phi) is 5.93. The molecule has 23 heavy (non-hydrogen) atoms. The normalized spacial score (nSPS) is 10.4. The maximum atomic E-state index is 12.1. The molecule has 1 aromatic carbocycles. The molecule has 0 spiro atoms. The lowest BCUT2D eigenvalue weighted by Crippen LogP contribution is -2.32. The number of amides is 2. The van der Waals surface area contributed by atoms with Crippen molar-refractivity contribution in [3.63, 3.8) is 0 Å². The Bertz CT molecular complexity index is 694. The van der Waals surface area contributed by atoms with Crippen LogP contribution in [-0.4, -0.2) is 30.3 Å². The van der Waals surface area contributed by atoms with Crippen LogP contribution in [0.3, 0.4) is 0 Å². The summed E-state index contributed by atoms with van der Waals surface area (Å²) in [4.78, 5) is 27.1. The summed E-state index contributed by atoms with van der Waals surface area (Å²) < 4.78 is 0. The van der Waals surface area contributed by atoms with Crippen LogP contribution in [0.1, 0.15) is 32.8 Å². The second-order valence-electron chi connectivity index (χ2n) is 5.60. The number of hydrogen-bond donors (Lipinski definition) is 1. The summed E-state index contributed by atoms with van der Waals surface area (Å²) in [6.07, 6.45) is 0.304. The van der Waals surface area contributed by atoms with Crippen molar-refractivity contribution < 1.29 is 9.59 Å². The van der Waals surface area contributed by atoms with Gasteiger partial charge in [-0.1, -0.05) is 18.2 Å². The van der Waals surface area contributed by atoms with Crippen molar-refractivity contribution in [1.29, 1.82) is 0 Å². The van der Waals surface area contributed by atoms with Crippen LogP contribution in [0.25, 0.3) is 0 Å². The smallest absolute Gasteiger partial charge is 0.251 e. The van der Waals surface area contributed by atoms with Crippen LogP contribution in [-0.2, 0) is 11.3 Å². The summed E-state index contributed by atoms with van der Waals surface area (Å²) >= 11 is 1.66. The van der Waals surface area contributed by atoms with Crippen molar-refractivity contribution in [1.82, 2.24) is 10.2 Å². The first-order chi connectivity index (χ1) is 11.0. The summed E-state index contributed by atoms with van der Waals surface area (Å²) in [5.41, 5.74) is 2.80. The zero-order valence-electron chi connectivity index (χ0n) is 13.8. The number of nitrogens with one attached hydrogen (secondary N) is 1. The molecular formula is C18H22N2O2S. The van der Waals surface area contributed by atoms with Gasteiger partial charge in [-0.25, -0.2) is 0 Å². The summed E-state index contributed by atoms with van der Waals surface area (Å²) in [5, 5.41) is 4.85. The van der Waals surface area contributed by atoms with Gasteiger partial charge in [0, 0.05) is 30.5 Å². The molecule has 0 aliphatic heterocycles. The van der Waals surface area contributed by atoms with E-state index in [1.165, 1.54) is 10.4 Å². The van der Waals surface area contributed by atoms with E-state index in [2.05, 4.69) is 11.4 Å². The Morgan fingerprint density at radius 1 is 1.13 bits per heavy atom. The molecule has 0 saturated carbocycles. The van der Waals surface area contributed by atoms with Crippen molar-refractivity contribution >= 4 is 23.2 Å². The van der Waals surface area contributed by atoms with Crippen molar-refractivity contribution in [2.24, 2.45) is 0 Å². The van der Waals surface area contributed by atoms with Gasteiger partial charge >= 0.3 is 0 Å². The van der Waals surface area contributed by atoms with E-state index in [0.29, 0.717) is 25.1 Å². The minimum atomic E-state index is -0.132. The third-order valence-corrected chi connectivity index (χ3v) is 4.80. The third-order valence-electron chi connectivity index (χ3n) is 3.79. The summed E-state index contributed by atoms with van der Waals surface area (Å²) in [5.74, 6) is -0.101. The SMILES string of the molecule is Cc1ccccc1C(=O)NCCC(=O)N(C)Cc1sccc1C. The molecule has 4 nitrogen and oxygen atoms in total. The van der Waals surface area contributed by atoms with Crippen LogP contribution in [0.5, 0.6) is 0 Å². The predicted octanol–water partition coefficient (Wildman–Crippen LogP) is 3.14. The maximum absolute atomic E-state index is 12.1. The van der Waals surface area contributed by atoms with Gasteiger partial charge in [0.1, 0.15) is 0 Å². The second kappa shape index (κ2) is 7.92. The highest BCUT2D eigenvalue weighted by Crippen LogP contribution is 2.17. The van der Waals surface area contributed by atoms with E-state index in [9.17, 15) is 9.59 Å². The summed E-state index contributed by atoms with van der Waals surface area (Å²) in [7, 11) is 1.80. The molecule has 2 amide bonds. The molecule has 122 valence electrons. The van der Waals surface area contributed by atoms with Gasteiger partial charge in [-0.05, 0) is 42.5 Å². The standard InChI is InChI=1S/C18H22N2O2S/c1-13-6-4-5-7-15(13)18(22)19-10-8-17(21)20(3)12-16-14(2)9-11-23-16/h4-7,9,11H,8,10,12H2,1-3H3,(H,19,22). The Labute approximate surface area is 141 Å². The van der Waals surface area contributed by atoms with Crippen LogP contribution in [0.2, 0.25) is 0 Å². The first-order valence-corrected chi connectivity index (χ1v) is 8.47. The Balaban J connectivity index is 1.79. The Hall–Kier alpha value is -2.14. The van der Waals surface area contributed by atoms with Crippen molar-refractivity contribution in [3.8, 4) is 0 Å². The first-order valence-electron chi connectivity index (χ1n) is 7.60. The summed E-state index contributed by atoms with van der Waals surface area (Å²) in [6.45, 7) is 4.91. The van der Waals surface area contributed by atoms with Crippen LogP contribution >= 0.6 is 11.3 Å². The van der Waals surface area contributed by atoms with Crippen molar-refractivity contribution in [3.05, 3.63) is 57.3 Å². The second-order valence-corrected chi connectivity index (χ2v) is 6.60. The lowest BCUT2D eigenvalue weighted by Gasteiger charge is -2.17. The highest BCUT2D eigenvalue weighted by atomic mass is 32.1. The minimum absolute atomic E-state index is 0.0304. The van der Waals surface area contributed by atoms with Gasteiger partial charge in [-0.3, -0.25) is 9.59 Å². The number of aryl methyl sites for hydroxylation is 2. The monoisotopic (exact) mass is 330 g/mol. The van der Waals surface area contributed by atoms with E-state index < -0.39 is 0 Å². The van der Waals surface area contributed by atoms with Crippen molar-refractivity contribution in [2.45, 2.75) is 26.8 Å². The molecule has 0 radical (unpaired) electrons. The maximum Gasteiger partial charge on any atom is 0.251 e. The van der Waals surface area contributed by atoms with E-state index in [0.717, 1.165) is 5.56 Å². The highest BCUT2D eigenvalue weighted by molar-refractivity contribution is 7.10. The molecule has 0 aliphatic carbocycles. The average molecular weight is 330 g/mol. The number of carbonyl (C=O) groups is 2. The fourth-order valence-electron chi connectivity index (χ4n) is 2.27. The number of hydrogen-bond acceptors (Lipinski definition) is 3. The molecular weight excluding hydrogens is 308 g/mol. The van der Waals surface area contributed by atoms with Crippen LogP contribution in [0, 0.1) is 13.8 Å². The van der Waals surface area contributed by atoms with Crippen LogP contribution < -0.4 is 5.32 Å². The van der Waals surface area contributed by atoms with E-state index >= 15 is 0 Å². The minimum Gasteiger partial charge on any atom is -0.352 e. The zero-order chi connectivity index (χ0) is 16.8.